The molecule has 0 aromatic heterocycles. The first-order valence-corrected chi connectivity index (χ1v) is 6.52. The van der Waals surface area contributed by atoms with Crippen LogP contribution >= 0.6 is 11.6 Å². The van der Waals surface area contributed by atoms with Crippen molar-refractivity contribution in [1.29, 1.82) is 0 Å². The second kappa shape index (κ2) is 4.75. The number of carbonyl (C=O) groups is 1. The predicted octanol–water partition coefficient (Wildman–Crippen LogP) is 4.18. The lowest BCUT2D eigenvalue weighted by Crippen LogP contribution is -2.43. The van der Waals surface area contributed by atoms with Crippen molar-refractivity contribution < 1.29 is 18.7 Å². The van der Waals surface area contributed by atoms with Crippen molar-refractivity contribution in [2.45, 2.75) is 43.9 Å². The van der Waals surface area contributed by atoms with Gasteiger partial charge in [0.25, 0.3) is 0 Å². The van der Waals surface area contributed by atoms with Crippen LogP contribution in [0.4, 0.5) is 8.78 Å². The molecule has 1 aliphatic carbocycles. The van der Waals surface area contributed by atoms with Gasteiger partial charge in [0.05, 0.1) is 5.41 Å². The number of aliphatic carboxylic acids is 1. The van der Waals surface area contributed by atoms with Crippen molar-refractivity contribution in [3.05, 3.63) is 34.3 Å². The van der Waals surface area contributed by atoms with Gasteiger partial charge in [0.1, 0.15) is 0 Å². The van der Waals surface area contributed by atoms with Crippen molar-refractivity contribution in [2.75, 3.05) is 0 Å². The van der Waals surface area contributed by atoms with E-state index < -0.39 is 30.1 Å². The summed E-state index contributed by atoms with van der Waals surface area (Å²) in [6.07, 6.45) is -0.997. The van der Waals surface area contributed by atoms with Crippen molar-refractivity contribution in [2.24, 2.45) is 0 Å². The van der Waals surface area contributed by atoms with Crippen LogP contribution in [0.5, 0.6) is 0 Å². The first kappa shape index (κ1) is 14.3. The molecule has 0 saturated heterocycles. The van der Waals surface area contributed by atoms with Crippen molar-refractivity contribution in [1.82, 2.24) is 0 Å². The lowest BCUT2D eigenvalue weighted by atomic mass is 9.68. The van der Waals surface area contributed by atoms with Gasteiger partial charge in [-0.25, -0.2) is 8.78 Å². The number of aryl methyl sites for hydroxylation is 1. The molecule has 0 atom stereocenters. The summed E-state index contributed by atoms with van der Waals surface area (Å²) in [5.41, 5.74) is 0.0742. The minimum Gasteiger partial charge on any atom is -0.481 e. The maximum absolute atomic E-state index is 13.3. The summed E-state index contributed by atoms with van der Waals surface area (Å²) in [5.74, 6) is -3.84. The molecule has 0 aliphatic heterocycles. The van der Waals surface area contributed by atoms with Crippen LogP contribution in [0.1, 0.15) is 36.8 Å². The van der Waals surface area contributed by atoms with Crippen LogP contribution in [0.25, 0.3) is 0 Å². The Labute approximate surface area is 115 Å². The molecular formula is C14H15ClF2O2. The van der Waals surface area contributed by atoms with Crippen LogP contribution in [0.2, 0.25) is 5.02 Å². The normalized spacial score (nSPS) is 21.1. The Bertz CT molecular complexity index is 504. The molecule has 2 rings (SSSR count). The monoisotopic (exact) mass is 288 g/mol. The molecular weight excluding hydrogens is 274 g/mol. The lowest BCUT2D eigenvalue weighted by molar-refractivity contribution is -0.149. The molecule has 19 heavy (non-hydrogen) atoms. The number of alkyl halides is 2. The van der Waals surface area contributed by atoms with Gasteiger partial charge in [-0.3, -0.25) is 4.79 Å². The molecule has 0 amide bonds. The minimum atomic E-state index is -2.77. The van der Waals surface area contributed by atoms with Crippen molar-refractivity contribution in [3.8, 4) is 0 Å². The highest BCUT2D eigenvalue weighted by atomic mass is 35.5. The average Bonchev–Trinajstić information content (AvgIpc) is 2.30. The van der Waals surface area contributed by atoms with Gasteiger partial charge in [-0.05, 0) is 37.0 Å². The quantitative estimate of drug-likeness (QED) is 0.886. The van der Waals surface area contributed by atoms with Crippen LogP contribution in [0, 0.1) is 6.92 Å². The number of carboxylic acids is 1. The molecule has 1 aromatic carbocycles. The number of rotatable bonds is 2. The standard InChI is InChI=1S/C14H15ClF2O2/c1-9-2-3-10(11(15)8-9)13(12(18)19)4-6-14(16,17)7-5-13/h2-3,8H,4-7H2,1H3,(H,18,19). The molecule has 1 aromatic rings. The second-order valence-corrected chi connectivity index (χ2v) is 5.63. The molecule has 0 spiro atoms. The van der Waals surface area contributed by atoms with Crippen LogP contribution in [0.15, 0.2) is 18.2 Å². The van der Waals surface area contributed by atoms with Crippen LogP contribution in [-0.4, -0.2) is 17.0 Å². The van der Waals surface area contributed by atoms with E-state index >= 15 is 0 Å². The van der Waals surface area contributed by atoms with Gasteiger partial charge in [0.15, 0.2) is 0 Å². The summed E-state index contributed by atoms with van der Waals surface area (Å²) in [6, 6.07) is 5.09. The van der Waals surface area contributed by atoms with Gasteiger partial charge in [-0.1, -0.05) is 23.7 Å². The zero-order chi connectivity index (χ0) is 14.3. The third-order valence-electron chi connectivity index (χ3n) is 3.88. The highest BCUT2D eigenvalue weighted by molar-refractivity contribution is 6.31. The van der Waals surface area contributed by atoms with Gasteiger partial charge in [-0.15, -0.1) is 0 Å². The minimum absolute atomic E-state index is 0.0852. The Morgan fingerprint density at radius 2 is 1.84 bits per heavy atom. The fraction of sp³-hybridized carbons (Fsp3) is 0.500. The van der Waals surface area contributed by atoms with Crippen molar-refractivity contribution in [3.63, 3.8) is 0 Å². The Morgan fingerprint density at radius 1 is 1.26 bits per heavy atom. The molecule has 5 heteroatoms. The summed E-state index contributed by atoms with van der Waals surface area (Å²) < 4.78 is 26.5. The molecule has 0 bridgehead atoms. The zero-order valence-corrected chi connectivity index (χ0v) is 11.3. The van der Waals surface area contributed by atoms with E-state index in [0.29, 0.717) is 10.6 Å². The average molecular weight is 289 g/mol. The van der Waals surface area contributed by atoms with Crippen LogP contribution < -0.4 is 0 Å². The largest absolute Gasteiger partial charge is 0.481 e. The van der Waals surface area contributed by atoms with Gasteiger partial charge in [0, 0.05) is 17.9 Å². The lowest BCUT2D eigenvalue weighted by Gasteiger charge is -2.37. The molecule has 0 heterocycles. The van der Waals surface area contributed by atoms with E-state index in [1.807, 2.05) is 6.92 Å². The highest BCUT2D eigenvalue weighted by Crippen LogP contribution is 2.47. The summed E-state index contributed by atoms with van der Waals surface area (Å²) in [5, 5.41) is 9.84. The molecule has 104 valence electrons. The molecule has 2 nitrogen and oxygen atoms in total. The van der Waals surface area contributed by atoms with E-state index in [-0.39, 0.29) is 12.8 Å². The van der Waals surface area contributed by atoms with Crippen molar-refractivity contribution >= 4 is 17.6 Å². The number of hydrogen-bond acceptors (Lipinski definition) is 1. The van der Waals surface area contributed by atoms with Gasteiger partial charge in [-0.2, -0.15) is 0 Å². The van der Waals surface area contributed by atoms with E-state index in [1.54, 1.807) is 18.2 Å². The highest BCUT2D eigenvalue weighted by Gasteiger charge is 2.49. The summed E-state index contributed by atoms with van der Waals surface area (Å²) >= 11 is 6.12. The fourth-order valence-corrected chi connectivity index (χ4v) is 3.07. The molecule has 1 fully saturated rings. The molecule has 1 N–H and O–H groups in total. The maximum Gasteiger partial charge on any atom is 0.314 e. The second-order valence-electron chi connectivity index (χ2n) is 5.23. The third-order valence-corrected chi connectivity index (χ3v) is 4.20. The maximum atomic E-state index is 13.3. The van der Waals surface area contributed by atoms with E-state index in [0.717, 1.165) is 5.56 Å². The topological polar surface area (TPSA) is 37.3 Å². The Balaban J connectivity index is 2.44. The first-order valence-electron chi connectivity index (χ1n) is 6.15. The number of benzene rings is 1. The van der Waals surface area contributed by atoms with Crippen LogP contribution in [-0.2, 0) is 10.2 Å². The van der Waals surface area contributed by atoms with Gasteiger partial charge < -0.3 is 5.11 Å². The van der Waals surface area contributed by atoms with Gasteiger partial charge >= 0.3 is 5.97 Å². The van der Waals surface area contributed by atoms with Crippen LogP contribution in [0.3, 0.4) is 0 Å². The SMILES string of the molecule is Cc1ccc(C2(C(=O)O)CCC(F)(F)CC2)c(Cl)c1. The van der Waals surface area contributed by atoms with E-state index in [4.69, 9.17) is 11.6 Å². The Kier molecular flexibility index (Phi) is 3.56. The molecule has 0 unspecified atom stereocenters. The summed E-state index contributed by atoms with van der Waals surface area (Å²) in [4.78, 5) is 11.6. The Morgan fingerprint density at radius 3 is 2.32 bits per heavy atom. The van der Waals surface area contributed by atoms with Gasteiger partial charge in [0.2, 0.25) is 5.92 Å². The molecule has 0 radical (unpaired) electrons. The molecule has 1 aliphatic rings. The fourth-order valence-electron chi connectivity index (χ4n) is 2.65. The van der Waals surface area contributed by atoms with E-state index in [1.165, 1.54) is 0 Å². The zero-order valence-electron chi connectivity index (χ0n) is 10.5. The third kappa shape index (κ3) is 2.59. The Hall–Kier alpha value is -1.16. The van der Waals surface area contributed by atoms with E-state index in [2.05, 4.69) is 0 Å². The summed E-state index contributed by atoms with van der Waals surface area (Å²) in [7, 11) is 0. The molecule has 1 saturated carbocycles. The first-order chi connectivity index (χ1) is 8.77. The summed E-state index contributed by atoms with van der Waals surface area (Å²) in [6.45, 7) is 1.85. The smallest absolute Gasteiger partial charge is 0.314 e. The number of halogens is 3. The number of carboxylic acid groups (broad SMARTS) is 1. The van der Waals surface area contributed by atoms with E-state index in [9.17, 15) is 18.7 Å². The predicted molar refractivity (Wildman–Crippen MR) is 68.9 cm³/mol. The number of hydrogen-bond donors (Lipinski definition) is 1.